The predicted octanol–water partition coefficient (Wildman–Crippen LogP) is 15.8. The first kappa shape index (κ1) is 108. The zero-order valence-corrected chi connectivity index (χ0v) is 83.9. The number of benzene rings is 12. The number of amides is 9. The van der Waals surface area contributed by atoms with Gasteiger partial charge in [0, 0.05) is 104 Å². The number of fused-ring (bicyclic) bond motifs is 18. The molecule has 9 amide bonds. The maximum Gasteiger partial charge on any atom is 0.407 e. The lowest BCUT2D eigenvalue weighted by Gasteiger charge is -2.32. The van der Waals surface area contributed by atoms with E-state index in [1.54, 1.807) is 27.9 Å². The van der Waals surface area contributed by atoms with E-state index >= 15 is 33.6 Å². The van der Waals surface area contributed by atoms with Crippen LogP contribution in [0.15, 0.2) is 291 Å². The number of rotatable bonds is 41. The molecular formula is C117H129N11O20. The molecule has 12 aromatic carbocycles. The predicted molar refractivity (Wildman–Crippen MR) is 561 cm³/mol. The standard InChI is InChI=1S/C117H129N11O20/c1-117(2,3)148-116(137)124-58-30-29-48-90-72-128-68-63-122-112(133)94-52-51-93(101(141-75-83-34-15-6-16-35-83)102(94)142-76-84-36-17-7-18-37-84)109(130)119-60-65-127(66-61-120-110(131)95-54-56-98(114(135)125-90)106(146-80-88-44-25-11-26-45-88)104(95)144-78-86-40-21-9-22-41-86)67-62-121-111(132)96-55-57-99(107(147-81-89-46-27-12-28-47-89)105(96)145-79-87-42-23-10-24-43-87)115(136)126-91(73-128)49-31-59-118-108(129)92-50-53-97(113(134)123-64-69-139-71-70-138-4)103(143-77-85-38-19-8-20-39-85)100(92)140-74-82-32-13-5-14-33-82/h5-28,32-47,50-57,90-91H,29-31,48-49,58-81H2,1-4H3,(H,118,129)(H,119,130)(H,120,131)(H,121,132)(H,122,133)(H,123,134)(H,124,137)(H,125,135)(H,126,136)/t90-,91-/m0/s1. The molecule has 8 bridgehead atoms. The van der Waals surface area contributed by atoms with Crippen molar-refractivity contribution in [3.63, 3.8) is 0 Å². The van der Waals surface area contributed by atoms with Gasteiger partial charge in [-0.2, -0.15) is 0 Å². The van der Waals surface area contributed by atoms with Crippen molar-refractivity contribution in [1.29, 1.82) is 0 Å². The van der Waals surface area contributed by atoms with E-state index in [-0.39, 0.29) is 254 Å². The zero-order chi connectivity index (χ0) is 103. The van der Waals surface area contributed by atoms with Crippen molar-refractivity contribution in [1.82, 2.24) is 57.7 Å². The number of nitrogens with one attached hydrogen (secondary N) is 9. The van der Waals surface area contributed by atoms with Crippen molar-refractivity contribution >= 4 is 53.4 Å². The number of alkyl carbamates (subject to hydrolysis) is 1. The fourth-order valence-electron chi connectivity index (χ4n) is 16.8. The molecule has 15 rings (SSSR count). The molecule has 0 fully saturated rings. The summed E-state index contributed by atoms with van der Waals surface area (Å²) in [6.45, 7) is 5.77. The zero-order valence-electron chi connectivity index (χ0n) is 83.9. The van der Waals surface area contributed by atoms with Gasteiger partial charge in [0.1, 0.15) is 58.5 Å². The molecule has 3 aliphatic heterocycles. The van der Waals surface area contributed by atoms with Crippen molar-refractivity contribution in [2.75, 3.05) is 112 Å². The van der Waals surface area contributed by atoms with Crippen LogP contribution in [0.2, 0.25) is 0 Å². The highest BCUT2D eigenvalue weighted by Gasteiger charge is 2.34. The van der Waals surface area contributed by atoms with Crippen LogP contribution in [-0.2, 0) is 67.1 Å². The Morgan fingerprint density at radius 3 is 0.851 bits per heavy atom. The number of carbonyl (C=O) groups is 9. The second-order valence-corrected chi connectivity index (χ2v) is 36.6. The van der Waals surface area contributed by atoms with E-state index in [9.17, 15) is 9.59 Å². The summed E-state index contributed by atoms with van der Waals surface area (Å²) in [7, 11) is 1.57. The molecule has 2 unspecified atom stereocenters. The summed E-state index contributed by atoms with van der Waals surface area (Å²) in [6, 6.07) is 84.8. The minimum atomic E-state index is -0.971. The molecule has 0 radical (unpaired) electrons. The van der Waals surface area contributed by atoms with Gasteiger partial charge in [0.2, 0.25) is 0 Å². The summed E-state index contributed by atoms with van der Waals surface area (Å²) >= 11 is 0. The van der Waals surface area contributed by atoms with Gasteiger partial charge in [0.25, 0.3) is 47.3 Å². The van der Waals surface area contributed by atoms with E-state index in [0.29, 0.717) is 31.6 Å². The number of ether oxygens (including phenoxy) is 11. The largest absolute Gasteiger partial charge is 0.484 e. The van der Waals surface area contributed by atoms with Gasteiger partial charge in [-0.3, -0.25) is 48.2 Å². The van der Waals surface area contributed by atoms with E-state index in [4.69, 9.17) is 52.1 Å². The van der Waals surface area contributed by atoms with Crippen molar-refractivity contribution in [3.8, 4) is 46.0 Å². The summed E-state index contributed by atoms with van der Waals surface area (Å²) < 4.78 is 70.9. The van der Waals surface area contributed by atoms with Gasteiger partial charge in [-0.1, -0.05) is 243 Å². The molecule has 9 N–H and O–H groups in total. The van der Waals surface area contributed by atoms with Crippen molar-refractivity contribution in [2.45, 2.75) is 123 Å². The van der Waals surface area contributed by atoms with Crippen LogP contribution in [0.1, 0.15) is 180 Å². The first-order valence-corrected chi connectivity index (χ1v) is 50.1. The third kappa shape index (κ3) is 33.0. The number of carbonyl (C=O) groups excluding carboxylic acids is 9. The topological polar surface area (TPSA) is 370 Å². The van der Waals surface area contributed by atoms with Crippen LogP contribution in [-0.4, -0.2) is 193 Å². The average Bonchev–Trinajstić information content (AvgIpc) is 0.801. The van der Waals surface area contributed by atoms with Crippen molar-refractivity contribution in [3.05, 3.63) is 380 Å². The molecular weight excluding hydrogens is 1880 g/mol. The van der Waals surface area contributed by atoms with Gasteiger partial charge in [-0.05, 0) is 146 Å². The molecule has 31 nitrogen and oxygen atoms in total. The summed E-state index contributed by atoms with van der Waals surface area (Å²) in [5, 5.41) is 28.3. The quantitative estimate of drug-likeness (QED) is 0.0161. The highest BCUT2D eigenvalue weighted by atomic mass is 16.6. The van der Waals surface area contributed by atoms with Gasteiger partial charge in [0.05, 0.1) is 64.3 Å². The second-order valence-electron chi connectivity index (χ2n) is 36.6. The first-order chi connectivity index (χ1) is 72.2. The molecule has 0 saturated heterocycles. The summed E-state index contributed by atoms with van der Waals surface area (Å²) in [6.07, 6.45) is 0.555. The lowest BCUT2D eigenvalue weighted by Crippen LogP contribution is -2.51. The Balaban J connectivity index is 0.918. The van der Waals surface area contributed by atoms with Crippen LogP contribution in [0.4, 0.5) is 4.79 Å². The van der Waals surface area contributed by atoms with Crippen LogP contribution >= 0.6 is 0 Å². The monoisotopic (exact) mass is 2010 g/mol. The summed E-state index contributed by atoms with van der Waals surface area (Å²) in [5.41, 5.74) is 5.20. The number of unbranched alkanes of at least 4 members (excludes halogenated alkanes) is 1. The average molecular weight is 2010 g/mol. The molecule has 0 saturated carbocycles. The third-order valence-corrected chi connectivity index (χ3v) is 24.3. The van der Waals surface area contributed by atoms with Gasteiger partial charge in [0.15, 0.2) is 46.0 Å². The van der Waals surface area contributed by atoms with Crippen LogP contribution in [0.25, 0.3) is 0 Å². The highest BCUT2D eigenvalue weighted by Crippen LogP contribution is 2.42. The number of methoxy groups -OCH3 is 1. The normalized spacial score (nSPS) is 15.4. The van der Waals surface area contributed by atoms with Crippen LogP contribution in [0, 0.1) is 0 Å². The van der Waals surface area contributed by atoms with E-state index in [1.165, 1.54) is 48.5 Å². The molecule has 3 aliphatic rings. The van der Waals surface area contributed by atoms with Crippen LogP contribution < -0.4 is 85.7 Å². The summed E-state index contributed by atoms with van der Waals surface area (Å²) in [5.74, 6) is -5.19. The minimum absolute atomic E-state index is 0.00127. The molecule has 0 aliphatic carbocycles. The fourth-order valence-corrected chi connectivity index (χ4v) is 16.8. The Labute approximate surface area is 863 Å². The second kappa shape index (κ2) is 56.4. The number of hydrogen-bond acceptors (Lipinski definition) is 22. The number of nitrogens with zero attached hydrogens (tertiary/aromatic N) is 2. The van der Waals surface area contributed by atoms with Gasteiger partial charge >= 0.3 is 6.09 Å². The van der Waals surface area contributed by atoms with E-state index < -0.39 is 71.0 Å². The smallest absolute Gasteiger partial charge is 0.407 e. The van der Waals surface area contributed by atoms with Crippen molar-refractivity contribution < 1.29 is 95.3 Å². The lowest BCUT2D eigenvalue weighted by molar-refractivity contribution is 0.0525. The van der Waals surface area contributed by atoms with E-state index in [2.05, 4.69) is 47.9 Å². The molecule has 772 valence electrons. The Kier molecular flexibility index (Phi) is 41.0. The van der Waals surface area contributed by atoms with Crippen LogP contribution in [0.3, 0.4) is 0 Å². The Hall–Kier alpha value is -16.1. The Bertz CT molecular complexity index is 6330. The third-order valence-electron chi connectivity index (χ3n) is 24.3. The SMILES string of the molecule is COCCOCCNC(=O)c1ccc(C(=O)NCCC[C@H]2CN3CCNC(=O)c4ccc(c(OCc5ccccc5)c4OCc4ccccc4)C(=O)NCCN(CCNC(=O)c4ccc(c(OCc5ccccc5)c4OCc4ccccc4)C(=O)N[C@@H](CCCCNC(=O)OC(C)(C)C)C3)CCNC(=O)c3ccc(c(OCc4ccccc4)c3OCc3ccccc3)C(=O)N2)c(OCc2ccccc2)c1OCc1ccccc1. The van der Waals surface area contributed by atoms with E-state index in [1.807, 2.05) is 252 Å². The van der Waals surface area contributed by atoms with Crippen molar-refractivity contribution in [2.24, 2.45) is 0 Å². The molecule has 0 spiro atoms. The molecule has 3 heterocycles. The van der Waals surface area contributed by atoms with Gasteiger partial charge in [-0.25, -0.2) is 4.79 Å². The molecule has 12 aromatic rings. The maximum absolute atomic E-state index is 16.6. The molecule has 148 heavy (non-hydrogen) atoms. The van der Waals surface area contributed by atoms with Gasteiger partial charge < -0.3 is 100.0 Å². The lowest BCUT2D eigenvalue weighted by atomic mass is 10.0. The van der Waals surface area contributed by atoms with Crippen LogP contribution in [0.5, 0.6) is 46.0 Å². The molecule has 0 aromatic heterocycles. The number of hydrogen-bond donors (Lipinski definition) is 9. The maximum atomic E-state index is 16.6. The Morgan fingerprint density at radius 1 is 0.297 bits per heavy atom. The molecule has 31 heteroatoms. The minimum Gasteiger partial charge on any atom is -0.484 e. The van der Waals surface area contributed by atoms with E-state index in [0.717, 1.165) is 38.9 Å². The fraction of sp³-hybridized carbons (Fsp3) is 0.308. The Morgan fingerprint density at radius 2 is 0.561 bits per heavy atom. The summed E-state index contributed by atoms with van der Waals surface area (Å²) in [4.78, 5) is 143. The van der Waals surface area contributed by atoms with Gasteiger partial charge in [-0.15, -0.1) is 0 Å². The first-order valence-electron chi connectivity index (χ1n) is 50.1. The molecule has 4 atom stereocenters. The highest BCUT2D eigenvalue weighted by molar-refractivity contribution is 6.06.